The molecule has 1 N–H and O–H groups in total. The molecule has 1 atom stereocenters. The molecule has 0 bridgehead atoms. The molecule has 2 aliphatic rings. The number of rotatable bonds is 6. The molecular weight excluding hydrogens is 430 g/mol. The summed E-state index contributed by atoms with van der Waals surface area (Å²) in [6.07, 6.45) is 2.57. The van der Waals surface area contributed by atoms with Gasteiger partial charge in [0.1, 0.15) is 5.75 Å². The van der Waals surface area contributed by atoms with E-state index in [-0.39, 0.29) is 36.1 Å². The number of ether oxygens (including phenoxy) is 1. The Kier molecular flexibility index (Phi) is 7.20. The highest BCUT2D eigenvalue weighted by Crippen LogP contribution is 2.34. The van der Waals surface area contributed by atoms with Crippen molar-refractivity contribution in [3.8, 4) is 5.75 Å². The van der Waals surface area contributed by atoms with Gasteiger partial charge in [0, 0.05) is 37.7 Å². The molecule has 2 aromatic rings. The predicted octanol–water partition coefficient (Wildman–Crippen LogP) is 3.34. The third-order valence-electron chi connectivity index (χ3n) is 6.87. The standard InChI is InChI=1S/C27H33N3O4/c1-4-19-6-8-20(9-7-19)26(32)28-22-11-13-29(14-12-22)27(33)21-16-25(31)30(17-21)23-15-18(2)5-10-24(23)34-3/h5-10,15,21-22H,4,11-14,16-17H2,1-3H3,(H,28,32)/t21-/m0/s1. The lowest BCUT2D eigenvalue weighted by Crippen LogP contribution is -2.48. The van der Waals surface area contributed by atoms with Crippen LogP contribution in [0.15, 0.2) is 42.5 Å². The van der Waals surface area contributed by atoms with Crippen molar-refractivity contribution in [2.24, 2.45) is 5.92 Å². The van der Waals surface area contributed by atoms with Crippen molar-refractivity contribution in [1.82, 2.24) is 10.2 Å². The molecule has 0 saturated carbocycles. The Labute approximate surface area is 201 Å². The molecule has 2 saturated heterocycles. The Morgan fingerprint density at radius 2 is 1.79 bits per heavy atom. The summed E-state index contributed by atoms with van der Waals surface area (Å²) in [5.41, 5.74) is 3.61. The number of likely N-dealkylation sites (tertiary alicyclic amines) is 1. The van der Waals surface area contributed by atoms with Gasteiger partial charge in [-0.1, -0.05) is 25.1 Å². The van der Waals surface area contributed by atoms with Crippen LogP contribution in [0.25, 0.3) is 0 Å². The highest BCUT2D eigenvalue weighted by Gasteiger charge is 2.39. The maximum Gasteiger partial charge on any atom is 0.251 e. The fourth-order valence-electron chi connectivity index (χ4n) is 4.78. The molecule has 2 fully saturated rings. The minimum atomic E-state index is -0.360. The number of carbonyl (C=O) groups excluding carboxylic acids is 3. The van der Waals surface area contributed by atoms with Gasteiger partial charge in [-0.2, -0.15) is 0 Å². The smallest absolute Gasteiger partial charge is 0.251 e. The molecule has 180 valence electrons. The Morgan fingerprint density at radius 1 is 1.09 bits per heavy atom. The number of benzene rings is 2. The van der Waals surface area contributed by atoms with Crippen LogP contribution in [0.2, 0.25) is 0 Å². The predicted molar refractivity (Wildman–Crippen MR) is 131 cm³/mol. The van der Waals surface area contributed by atoms with E-state index in [1.54, 1.807) is 12.0 Å². The van der Waals surface area contributed by atoms with Crippen LogP contribution in [0.3, 0.4) is 0 Å². The first kappa shape index (κ1) is 23.8. The van der Waals surface area contributed by atoms with Crippen LogP contribution in [0.1, 0.15) is 47.7 Å². The van der Waals surface area contributed by atoms with Gasteiger partial charge in [-0.3, -0.25) is 14.4 Å². The van der Waals surface area contributed by atoms with E-state index in [0.717, 1.165) is 17.7 Å². The molecular formula is C27H33N3O4. The zero-order valence-corrected chi connectivity index (χ0v) is 20.2. The van der Waals surface area contributed by atoms with E-state index in [1.165, 1.54) is 5.56 Å². The molecule has 7 heteroatoms. The lowest BCUT2D eigenvalue weighted by molar-refractivity contribution is -0.136. The number of methoxy groups -OCH3 is 1. The highest BCUT2D eigenvalue weighted by molar-refractivity contribution is 6.01. The van der Waals surface area contributed by atoms with E-state index in [9.17, 15) is 14.4 Å². The number of carbonyl (C=O) groups is 3. The van der Waals surface area contributed by atoms with E-state index >= 15 is 0 Å². The van der Waals surface area contributed by atoms with Crippen LogP contribution in [-0.4, -0.2) is 55.4 Å². The molecule has 4 rings (SSSR count). The summed E-state index contributed by atoms with van der Waals surface area (Å²) in [5, 5.41) is 3.10. The number of amides is 3. The quantitative estimate of drug-likeness (QED) is 0.713. The maximum atomic E-state index is 13.2. The monoisotopic (exact) mass is 463 g/mol. The topological polar surface area (TPSA) is 79.0 Å². The summed E-state index contributed by atoms with van der Waals surface area (Å²) < 4.78 is 5.44. The summed E-state index contributed by atoms with van der Waals surface area (Å²) in [6, 6.07) is 13.4. The Hall–Kier alpha value is -3.35. The number of nitrogens with one attached hydrogen (secondary N) is 1. The summed E-state index contributed by atoms with van der Waals surface area (Å²) >= 11 is 0. The van der Waals surface area contributed by atoms with Gasteiger partial charge < -0.3 is 19.9 Å². The van der Waals surface area contributed by atoms with Gasteiger partial charge in [-0.15, -0.1) is 0 Å². The molecule has 0 unspecified atom stereocenters. The van der Waals surface area contributed by atoms with Crippen LogP contribution in [0.5, 0.6) is 5.75 Å². The van der Waals surface area contributed by atoms with Gasteiger partial charge >= 0.3 is 0 Å². The van der Waals surface area contributed by atoms with E-state index in [1.807, 2.05) is 54.3 Å². The minimum absolute atomic E-state index is 0.0161. The van der Waals surface area contributed by atoms with E-state index < -0.39 is 0 Å². The average molecular weight is 464 g/mol. The molecule has 2 aliphatic heterocycles. The molecule has 0 aliphatic carbocycles. The molecule has 0 radical (unpaired) electrons. The summed E-state index contributed by atoms with van der Waals surface area (Å²) in [4.78, 5) is 42.0. The van der Waals surface area contributed by atoms with Gasteiger partial charge in [0.15, 0.2) is 0 Å². The largest absolute Gasteiger partial charge is 0.495 e. The summed E-state index contributed by atoms with van der Waals surface area (Å²) in [7, 11) is 1.58. The molecule has 34 heavy (non-hydrogen) atoms. The fourth-order valence-corrected chi connectivity index (χ4v) is 4.78. The molecule has 0 aromatic heterocycles. The third-order valence-corrected chi connectivity index (χ3v) is 6.87. The second kappa shape index (κ2) is 10.3. The number of anilines is 1. The van der Waals surface area contributed by atoms with Crippen LogP contribution in [-0.2, 0) is 16.0 Å². The van der Waals surface area contributed by atoms with Crippen molar-refractivity contribution >= 4 is 23.4 Å². The van der Waals surface area contributed by atoms with Gasteiger partial charge in [0.25, 0.3) is 5.91 Å². The summed E-state index contributed by atoms with van der Waals surface area (Å²) in [5.74, 6) is 0.159. The van der Waals surface area contributed by atoms with Crippen molar-refractivity contribution in [3.63, 3.8) is 0 Å². The second-order valence-electron chi connectivity index (χ2n) is 9.20. The van der Waals surface area contributed by atoms with Crippen molar-refractivity contribution in [3.05, 3.63) is 59.2 Å². The molecule has 7 nitrogen and oxygen atoms in total. The number of nitrogens with zero attached hydrogens (tertiary/aromatic N) is 2. The third kappa shape index (κ3) is 5.08. The minimum Gasteiger partial charge on any atom is -0.495 e. The fraction of sp³-hybridized carbons (Fsp3) is 0.444. The molecule has 3 amide bonds. The Balaban J connectivity index is 1.32. The lowest BCUT2D eigenvalue weighted by atomic mass is 10.0. The zero-order valence-electron chi connectivity index (χ0n) is 20.2. The Bertz CT molecular complexity index is 1060. The molecule has 2 aromatic carbocycles. The molecule has 2 heterocycles. The Morgan fingerprint density at radius 3 is 2.44 bits per heavy atom. The zero-order chi connectivity index (χ0) is 24.2. The van der Waals surface area contributed by atoms with Crippen LogP contribution in [0.4, 0.5) is 5.69 Å². The van der Waals surface area contributed by atoms with E-state index in [4.69, 9.17) is 4.74 Å². The maximum absolute atomic E-state index is 13.2. The van der Waals surface area contributed by atoms with Crippen LogP contribution < -0.4 is 15.0 Å². The van der Waals surface area contributed by atoms with E-state index in [2.05, 4.69) is 12.2 Å². The van der Waals surface area contributed by atoms with Crippen LogP contribution in [0, 0.1) is 12.8 Å². The normalized spacial score (nSPS) is 18.8. The molecule has 0 spiro atoms. The first-order valence-corrected chi connectivity index (χ1v) is 12.0. The first-order valence-electron chi connectivity index (χ1n) is 12.0. The van der Waals surface area contributed by atoms with Gasteiger partial charge in [-0.05, 0) is 61.6 Å². The number of aryl methyl sites for hydroxylation is 2. The number of hydrogen-bond acceptors (Lipinski definition) is 4. The van der Waals surface area contributed by atoms with Gasteiger partial charge in [0.2, 0.25) is 11.8 Å². The van der Waals surface area contributed by atoms with Crippen molar-refractivity contribution in [2.75, 3.05) is 31.6 Å². The number of piperidine rings is 1. The van der Waals surface area contributed by atoms with Crippen molar-refractivity contribution < 1.29 is 19.1 Å². The van der Waals surface area contributed by atoms with Gasteiger partial charge in [-0.25, -0.2) is 0 Å². The van der Waals surface area contributed by atoms with Crippen molar-refractivity contribution in [2.45, 2.75) is 45.6 Å². The van der Waals surface area contributed by atoms with Crippen LogP contribution >= 0.6 is 0 Å². The second-order valence-corrected chi connectivity index (χ2v) is 9.20. The lowest BCUT2D eigenvalue weighted by Gasteiger charge is -2.33. The van der Waals surface area contributed by atoms with Crippen molar-refractivity contribution in [1.29, 1.82) is 0 Å². The average Bonchev–Trinajstić information content (AvgIpc) is 3.25. The highest BCUT2D eigenvalue weighted by atomic mass is 16.5. The summed E-state index contributed by atoms with van der Waals surface area (Å²) in [6.45, 7) is 5.58. The SMILES string of the molecule is CCc1ccc(C(=O)NC2CCN(C(=O)[C@H]3CC(=O)N(c4cc(C)ccc4OC)C3)CC2)cc1. The van der Waals surface area contributed by atoms with Gasteiger partial charge in [0.05, 0.1) is 18.7 Å². The first-order chi connectivity index (χ1) is 16.4. The van der Waals surface area contributed by atoms with E-state index in [0.29, 0.717) is 43.8 Å². The number of hydrogen-bond donors (Lipinski definition) is 1.